The Morgan fingerprint density at radius 1 is 0.742 bits per heavy atom. The third-order valence-electron chi connectivity index (χ3n) is 5.93. The second-order valence-corrected chi connectivity index (χ2v) is 8.26. The molecule has 0 aliphatic rings. The van der Waals surface area contributed by atoms with Crippen LogP contribution in [0.2, 0.25) is 0 Å². The molecule has 3 heterocycles. The molecule has 0 N–H and O–H groups in total. The molecule has 150 valence electrons. The van der Waals surface area contributed by atoms with Crippen LogP contribution in [-0.2, 0) is 0 Å². The van der Waals surface area contributed by atoms with Gasteiger partial charge >= 0.3 is 0 Å². The summed E-state index contributed by atoms with van der Waals surface area (Å²) in [5.74, 6) is 1.34. The fourth-order valence-corrected chi connectivity index (χ4v) is 4.19. The number of nitrogens with zero attached hydrogens (tertiary/aromatic N) is 1. The molecule has 0 fully saturated rings. The summed E-state index contributed by atoms with van der Waals surface area (Å²) >= 11 is 0. The van der Waals surface area contributed by atoms with Gasteiger partial charge in [0.1, 0.15) is 16.9 Å². The summed E-state index contributed by atoms with van der Waals surface area (Å²) in [7, 11) is 0. The van der Waals surface area contributed by atoms with Gasteiger partial charge in [0.05, 0.1) is 5.69 Å². The number of rotatable bonds is 3. The van der Waals surface area contributed by atoms with Gasteiger partial charge in [-0.25, -0.2) is 4.98 Å². The summed E-state index contributed by atoms with van der Waals surface area (Å²) in [6, 6.07) is 29.0. The summed E-state index contributed by atoms with van der Waals surface area (Å²) in [4.78, 5) is 4.83. The van der Waals surface area contributed by atoms with Gasteiger partial charge in [-0.1, -0.05) is 68.4 Å². The average Bonchev–Trinajstić information content (AvgIpc) is 3.40. The number of para-hydroxylation sites is 2. The maximum absolute atomic E-state index is 6.18. The zero-order valence-electron chi connectivity index (χ0n) is 17.4. The second kappa shape index (κ2) is 6.85. The van der Waals surface area contributed by atoms with Crippen LogP contribution in [0.25, 0.3) is 55.6 Å². The van der Waals surface area contributed by atoms with Gasteiger partial charge in [0.25, 0.3) is 0 Å². The predicted octanol–water partition coefficient (Wildman–Crippen LogP) is 8.18. The summed E-state index contributed by atoms with van der Waals surface area (Å²) in [5.41, 5.74) is 6.56. The van der Waals surface area contributed by atoms with Crippen LogP contribution < -0.4 is 0 Å². The van der Waals surface area contributed by atoms with Crippen LogP contribution in [0.1, 0.15) is 25.3 Å². The van der Waals surface area contributed by atoms with Gasteiger partial charge in [0, 0.05) is 27.3 Å². The van der Waals surface area contributed by atoms with E-state index in [0.717, 1.165) is 49.9 Å². The normalized spacial score (nSPS) is 11.8. The first-order chi connectivity index (χ1) is 15.2. The highest BCUT2D eigenvalue weighted by atomic mass is 16.3. The fraction of sp³-hybridized carbons (Fsp3) is 0.107. The highest BCUT2D eigenvalue weighted by Gasteiger charge is 2.14. The topological polar surface area (TPSA) is 39.2 Å². The first kappa shape index (κ1) is 18.0. The molecule has 3 aromatic heterocycles. The minimum Gasteiger partial charge on any atom is -0.455 e. The highest BCUT2D eigenvalue weighted by molar-refractivity contribution is 6.09. The molecular weight excluding hydrogens is 382 g/mol. The number of hydrogen-bond acceptors (Lipinski definition) is 3. The number of benzene rings is 3. The Morgan fingerprint density at radius 2 is 1.55 bits per heavy atom. The molecule has 0 amide bonds. The van der Waals surface area contributed by atoms with E-state index in [-0.39, 0.29) is 0 Å². The number of aromatic nitrogens is 1. The molecule has 0 unspecified atom stereocenters. The van der Waals surface area contributed by atoms with Crippen molar-refractivity contribution in [2.24, 2.45) is 0 Å². The Hall–Kier alpha value is -3.85. The minimum absolute atomic E-state index is 0.509. The standard InChI is InChI=1S/C28H21NO2/c1-17(2)18-10-12-19(13-11-18)26-16-20-14-15-24(29-28(20)31-26)23-8-5-7-22-21-6-3-4-9-25(21)30-27(22)23/h3-17H,1-2H3. The van der Waals surface area contributed by atoms with Gasteiger partial charge in [-0.3, -0.25) is 0 Å². The maximum atomic E-state index is 6.18. The lowest BCUT2D eigenvalue weighted by molar-refractivity contribution is 0.619. The molecule has 0 saturated carbocycles. The second-order valence-electron chi connectivity index (χ2n) is 8.26. The monoisotopic (exact) mass is 403 g/mol. The Balaban J connectivity index is 1.46. The molecule has 6 aromatic rings. The quantitative estimate of drug-likeness (QED) is 0.299. The van der Waals surface area contributed by atoms with Crippen molar-refractivity contribution in [3.05, 3.63) is 90.5 Å². The molecule has 3 aromatic carbocycles. The first-order valence-electron chi connectivity index (χ1n) is 10.6. The summed E-state index contributed by atoms with van der Waals surface area (Å²) < 4.78 is 12.3. The SMILES string of the molecule is CC(C)c1ccc(-c2cc3ccc(-c4cccc5c4oc4ccccc45)nc3o2)cc1. The smallest absolute Gasteiger partial charge is 0.227 e. The van der Waals surface area contributed by atoms with Crippen LogP contribution in [0.5, 0.6) is 0 Å². The van der Waals surface area contributed by atoms with Crippen LogP contribution in [0.15, 0.2) is 93.8 Å². The number of fused-ring (bicyclic) bond motifs is 4. The van der Waals surface area contributed by atoms with Gasteiger partial charge < -0.3 is 8.83 Å². The van der Waals surface area contributed by atoms with Gasteiger partial charge in [-0.2, -0.15) is 0 Å². The van der Waals surface area contributed by atoms with E-state index >= 15 is 0 Å². The molecule has 0 aliphatic carbocycles. The van der Waals surface area contributed by atoms with Gasteiger partial charge in [-0.05, 0) is 41.8 Å². The Bertz CT molecular complexity index is 1550. The van der Waals surface area contributed by atoms with E-state index in [1.807, 2.05) is 30.3 Å². The van der Waals surface area contributed by atoms with E-state index in [2.05, 4.69) is 68.4 Å². The van der Waals surface area contributed by atoms with Crippen LogP contribution in [0, 0.1) is 0 Å². The number of furan rings is 2. The molecule has 0 atom stereocenters. The largest absolute Gasteiger partial charge is 0.455 e. The van der Waals surface area contributed by atoms with Gasteiger partial charge in [0.2, 0.25) is 5.71 Å². The third kappa shape index (κ3) is 2.93. The fourth-order valence-electron chi connectivity index (χ4n) is 4.19. The zero-order valence-corrected chi connectivity index (χ0v) is 17.4. The molecule has 0 bridgehead atoms. The van der Waals surface area contributed by atoms with Crippen molar-refractivity contribution in [2.75, 3.05) is 0 Å². The lowest BCUT2D eigenvalue weighted by Gasteiger charge is -2.05. The lowest BCUT2D eigenvalue weighted by atomic mass is 10.0. The molecule has 3 heteroatoms. The average molecular weight is 403 g/mol. The van der Waals surface area contributed by atoms with Crippen molar-refractivity contribution in [2.45, 2.75) is 19.8 Å². The predicted molar refractivity (Wildman–Crippen MR) is 126 cm³/mol. The van der Waals surface area contributed by atoms with E-state index in [9.17, 15) is 0 Å². The van der Waals surface area contributed by atoms with Gasteiger partial charge in [-0.15, -0.1) is 0 Å². The lowest BCUT2D eigenvalue weighted by Crippen LogP contribution is -1.85. The minimum atomic E-state index is 0.509. The van der Waals surface area contributed by atoms with Crippen molar-refractivity contribution in [3.63, 3.8) is 0 Å². The zero-order chi connectivity index (χ0) is 20.9. The van der Waals surface area contributed by atoms with E-state index in [1.54, 1.807) is 0 Å². The van der Waals surface area contributed by atoms with Crippen molar-refractivity contribution >= 4 is 33.0 Å². The molecule has 0 radical (unpaired) electrons. The third-order valence-corrected chi connectivity index (χ3v) is 5.93. The van der Waals surface area contributed by atoms with Gasteiger partial charge in [0.15, 0.2) is 0 Å². The van der Waals surface area contributed by atoms with Crippen LogP contribution >= 0.6 is 0 Å². The van der Waals surface area contributed by atoms with Crippen molar-refractivity contribution in [3.8, 4) is 22.6 Å². The summed E-state index contributed by atoms with van der Waals surface area (Å²) in [6.07, 6.45) is 0. The van der Waals surface area contributed by atoms with E-state index in [1.165, 1.54) is 5.56 Å². The Kier molecular flexibility index (Phi) is 3.97. The van der Waals surface area contributed by atoms with Crippen molar-refractivity contribution < 1.29 is 8.83 Å². The van der Waals surface area contributed by atoms with Crippen LogP contribution in [0.4, 0.5) is 0 Å². The summed E-state index contributed by atoms with van der Waals surface area (Å²) in [5, 5.41) is 3.20. The number of pyridine rings is 1. The van der Waals surface area contributed by atoms with Crippen LogP contribution in [0.3, 0.4) is 0 Å². The van der Waals surface area contributed by atoms with Crippen molar-refractivity contribution in [1.29, 1.82) is 0 Å². The highest BCUT2D eigenvalue weighted by Crippen LogP contribution is 2.36. The molecule has 31 heavy (non-hydrogen) atoms. The molecular formula is C28H21NO2. The van der Waals surface area contributed by atoms with Crippen molar-refractivity contribution in [1.82, 2.24) is 4.98 Å². The molecule has 0 saturated heterocycles. The Morgan fingerprint density at radius 3 is 2.39 bits per heavy atom. The van der Waals surface area contributed by atoms with E-state index < -0.39 is 0 Å². The van der Waals surface area contributed by atoms with E-state index in [4.69, 9.17) is 13.8 Å². The Labute approximate surface area is 179 Å². The molecule has 6 rings (SSSR count). The summed E-state index contributed by atoms with van der Waals surface area (Å²) in [6.45, 7) is 4.40. The van der Waals surface area contributed by atoms with E-state index in [0.29, 0.717) is 11.6 Å². The first-order valence-corrected chi connectivity index (χ1v) is 10.6. The number of hydrogen-bond donors (Lipinski definition) is 0. The molecule has 0 aliphatic heterocycles. The maximum Gasteiger partial charge on any atom is 0.227 e. The molecule has 3 nitrogen and oxygen atoms in total. The molecule has 0 spiro atoms. The van der Waals surface area contributed by atoms with Crippen LogP contribution in [-0.4, -0.2) is 4.98 Å².